The molecule has 0 bridgehead atoms. The zero-order chi connectivity index (χ0) is 8.39. The van der Waals surface area contributed by atoms with E-state index in [2.05, 4.69) is 15.4 Å². The molecule has 0 aromatic carbocycles. The lowest BCUT2D eigenvalue weighted by atomic mass is 10.4. The number of amidine groups is 1. The zero-order valence-electron chi connectivity index (χ0n) is 6.75. The fourth-order valence-corrected chi connectivity index (χ4v) is 1.42. The van der Waals surface area contributed by atoms with Crippen LogP contribution in [0.3, 0.4) is 0 Å². The molecule has 1 aliphatic rings. The standard InChI is InChI=1S/C7H11N5/c8-7(6-5-9-11-10-6)12-3-1-2-4-12/h5,8H,1-4H2,(H,9,10,11). The van der Waals surface area contributed by atoms with Gasteiger partial charge in [-0.05, 0) is 12.8 Å². The molecule has 1 aromatic rings. The second-order valence-corrected chi connectivity index (χ2v) is 2.90. The van der Waals surface area contributed by atoms with Gasteiger partial charge in [0.1, 0.15) is 5.69 Å². The van der Waals surface area contributed by atoms with Crippen molar-refractivity contribution in [2.75, 3.05) is 13.1 Å². The summed E-state index contributed by atoms with van der Waals surface area (Å²) in [5.41, 5.74) is 0.636. The quantitative estimate of drug-likeness (QED) is 0.462. The molecule has 0 radical (unpaired) electrons. The van der Waals surface area contributed by atoms with Crippen molar-refractivity contribution in [1.82, 2.24) is 20.3 Å². The number of likely N-dealkylation sites (tertiary alicyclic amines) is 1. The Morgan fingerprint density at radius 3 is 2.83 bits per heavy atom. The van der Waals surface area contributed by atoms with Gasteiger partial charge in [0.25, 0.3) is 0 Å². The van der Waals surface area contributed by atoms with Gasteiger partial charge in [0, 0.05) is 13.1 Å². The number of aromatic nitrogens is 3. The van der Waals surface area contributed by atoms with Crippen LogP contribution in [-0.4, -0.2) is 39.2 Å². The lowest BCUT2D eigenvalue weighted by Gasteiger charge is -2.15. The van der Waals surface area contributed by atoms with E-state index < -0.39 is 0 Å². The molecule has 1 aromatic heterocycles. The van der Waals surface area contributed by atoms with Gasteiger partial charge in [0.2, 0.25) is 0 Å². The number of nitrogens with zero attached hydrogens (tertiary/aromatic N) is 3. The van der Waals surface area contributed by atoms with Crippen molar-refractivity contribution in [2.24, 2.45) is 0 Å². The number of rotatable bonds is 1. The van der Waals surface area contributed by atoms with E-state index in [4.69, 9.17) is 5.41 Å². The first-order valence-corrected chi connectivity index (χ1v) is 4.07. The molecule has 1 saturated heterocycles. The third-order valence-corrected chi connectivity index (χ3v) is 2.08. The molecular formula is C7H11N5. The lowest BCUT2D eigenvalue weighted by Crippen LogP contribution is -2.27. The van der Waals surface area contributed by atoms with Crippen molar-refractivity contribution in [2.45, 2.75) is 12.8 Å². The molecule has 0 saturated carbocycles. The van der Waals surface area contributed by atoms with Crippen molar-refractivity contribution in [3.05, 3.63) is 11.9 Å². The van der Waals surface area contributed by atoms with E-state index in [1.807, 2.05) is 4.90 Å². The molecule has 2 rings (SSSR count). The Labute approximate surface area is 70.3 Å². The fraction of sp³-hybridized carbons (Fsp3) is 0.571. The van der Waals surface area contributed by atoms with E-state index >= 15 is 0 Å². The molecule has 0 aliphatic carbocycles. The minimum absolute atomic E-state index is 0.487. The number of hydrogen-bond donors (Lipinski definition) is 2. The molecule has 2 heterocycles. The van der Waals surface area contributed by atoms with Crippen molar-refractivity contribution < 1.29 is 0 Å². The summed E-state index contributed by atoms with van der Waals surface area (Å²) in [5.74, 6) is 0.487. The van der Waals surface area contributed by atoms with Crippen LogP contribution in [0, 0.1) is 5.41 Å². The second-order valence-electron chi connectivity index (χ2n) is 2.90. The summed E-state index contributed by atoms with van der Waals surface area (Å²) in [6.45, 7) is 1.96. The highest BCUT2D eigenvalue weighted by molar-refractivity contribution is 5.94. The summed E-state index contributed by atoms with van der Waals surface area (Å²) in [7, 11) is 0. The van der Waals surface area contributed by atoms with E-state index in [9.17, 15) is 0 Å². The summed E-state index contributed by atoms with van der Waals surface area (Å²) >= 11 is 0. The van der Waals surface area contributed by atoms with Crippen LogP contribution in [-0.2, 0) is 0 Å². The van der Waals surface area contributed by atoms with E-state index in [1.54, 1.807) is 6.20 Å². The lowest BCUT2D eigenvalue weighted by molar-refractivity contribution is 0.515. The molecule has 12 heavy (non-hydrogen) atoms. The third kappa shape index (κ3) is 1.17. The molecule has 5 nitrogen and oxygen atoms in total. The molecule has 5 heteroatoms. The van der Waals surface area contributed by atoms with Crippen LogP contribution in [0.4, 0.5) is 0 Å². The fourth-order valence-electron chi connectivity index (χ4n) is 1.42. The van der Waals surface area contributed by atoms with E-state index in [0.717, 1.165) is 13.1 Å². The monoisotopic (exact) mass is 165 g/mol. The first-order chi connectivity index (χ1) is 5.88. The van der Waals surface area contributed by atoms with Gasteiger partial charge in [0.05, 0.1) is 6.20 Å². The maximum atomic E-state index is 7.75. The third-order valence-electron chi connectivity index (χ3n) is 2.08. The van der Waals surface area contributed by atoms with E-state index in [-0.39, 0.29) is 0 Å². The van der Waals surface area contributed by atoms with Crippen molar-refractivity contribution >= 4 is 5.84 Å². The summed E-state index contributed by atoms with van der Waals surface area (Å²) in [6, 6.07) is 0. The molecule has 2 N–H and O–H groups in total. The van der Waals surface area contributed by atoms with Gasteiger partial charge >= 0.3 is 0 Å². The number of aromatic amines is 1. The number of nitrogens with one attached hydrogen (secondary N) is 2. The summed E-state index contributed by atoms with van der Waals surface area (Å²) in [4.78, 5) is 2.03. The van der Waals surface area contributed by atoms with Crippen LogP contribution in [0.5, 0.6) is 0 Å². The Bertz CT molecular complexity index is 259. The second kappa shape index (κ2) is 2.92. The molecule has 1 fully saturated rings. The molecule has 0 amide bonds. The van der Waals surface area contributed by atoms with Crippen LogP contribution in [0.25, 0.3) is 0 Å². The number of hydrogen-bond acceptors (Lipinski definition) is 3. The maximum absolute atomic E-state index is 7.75. The highest BCUT2D eigenvalue weighted by atomic mass is 15.3. The van der Waals surface area contributed by atoms with Crippen molar-refractivity contribution in [3.63, 3.8) is 0 Å². The van der Waals surface area contributed by atoms with Gasteiger partial charge in [0.15, 0.2) is 5.84 Å². The Kier molecular flexibility index (Phi) is 1.77. The summed E-state index contributed by atoms with van der Waals surface area (Å²) < 4.78 is 0. The summed E-state index contributed by atoms with van der Waals surface area (Å²) in [6.07, 6.45) is 3.95. The smallest absolute Gasteiger partial charge is 0.150 e. The van der Waals surface area contributed by atoms with Crippen molar-refractivity contribution in [3.8, 4) is 0 Å². The first kappa shape index (κ1) is 7.27. The molecule has 0 atom stereocenters. The molecule has 0 spiro atoms. The summed E-state index contributed by atoms with van der Waals surface area (Å²) in [5, 5.41) is 17.8. The average Bonchev–Trinajstić information content (AvgIpc) is 2.77. The molecule has 1 aliphatic heterocycles. The van der Waals surface area contributed by atoms with Crippen LogP contribution >= 0.6 is 0 Å². The normalized spacial score (nSPS) is 16.8. The highest BCUT2D eigenvalue weighted by Crippen LogP contribution is 2.10. The molecular weight excluding hydrogens is 154 g/mol. The average molecular weight is 165 g/mol. The Balaban J connectivity index is 2.09. The topological polar surface area (TPSA) is 68.7 Å². The van der Waals surface area contributed by atoms with Crippen LogP contribution < -0.4 is 0 Å². The van der Waals surface area contributed by atoms with Gasteiger partial charge in [-0.1, -0.05) is 0 Å². The Morgan fingerprint density at radius 2 is 2.25 bits per heavy atom. The van der Waals surface area contributed by atoms with Crippen molar-refractivity contribution in [1.29, 1.82) is 5.41 Å². The largest absolute Gasteiger partial charge is 0.355 e. The Hall–Kier alpha value is -1.39. The van der Waals surface area contributed by atoms with Gasteiger partial charge in [-0.25, -0.2) is 0 Å². The van der Waals surface area contributed by atoms with E-state index in [1.165, 1.54) is 12.8 Å². The minimum atomic E-state index is 0.487. The minimum Gasteiger partial charge on any atom is -0.355 e. The van der Waals surface area contributed by atoms with Gasteiger partial charge in [-0.3, -0.25) is 5.41 Å². The van der Waals surface area contributed by atoms with Crippen LogP contribution in [0.2, 0.25) is 0 Å². The van der Waals surface area contributed by atoms with Crippen LogP contribution in [0.1, 0.15) is 18.5 Å². The van der Waals surface area contributed by atoms with Crippen LogP contribution in [0.15, 0.2) is 6.20 Å². The predicted octanol–water partition coefficient (Wildman–Crippen LogP) is 0.226. The zero-order valence-corrected chi connectivity index (χ0v) is 6.75. The highest BCUT2D eigenvalue weighted by Gasteiger charge is 2.17. The Morgan fingerprint density at radius 1 is 1.50 bits per heavy atom. The van der Waals surface area contributed by atoms with Gasteiger partial charge < -0.3 is 4.90 Å². The van der Waals surface area contributed by atoms with Gasteiger partial charge in [-0.15, -0.1) is 0 Å². The molecule has 64 valence electrons. The SMILES string of the molecule is N=C(c1cn[nH]n1)N1CCCC1. The van der Waals surface area contributed by atoms with Gasteiger partial charge in [-0.2, -0.15) is 15.4 Å². The predicted molar refractivity (Wildman–Crippen MR) is 44.0 cm³/mol. The maximum Gasteiger partial charge on any atom is 0.150 e. The number of H-pyrrole nitrogens is 1. The van der Waals surface area contributed by atoms with E-state index in [0.29, 0.717) is 11.5 Å². The first-order valence-electron chi connectivity index (χ1n) is 4.07. The molecule has 0 unspecified atom stereocenters.